The highest BCUT2D eigenvalue weighted by molar-refractivity contribution is 7.93. The van der Waals surface area contributed by atoms with Crippen LogP contribution in [0.25, 0.3) is 0 Å². The second-order valence-corrected chi connectivity index (χ2v) is 10.8. The first-order chi connectivity index (χ1) is 11.4. The van der Waals surface area contributed by atoms with E-state index in [9.17, 15) is 16.8 Å². The monoisotopic (exact) mass is 368 g/mol. The van der Waals surface area contributed by atoms with Gasteiger partial charge in [-0.2, -0.15) is 9.57 Å². The van der Waals surface area contributed by atoms with Crippen molar-refractivity contribution in [3.8, 4) is 6.07 Å². The van der Waals surface area contributed by atoms with Crippen molar-refractivity contribution in [2.24, 2.45) is 0 Å². The first-order valence-electron chi connectivity index (χ1n) is 8.09. The van der Waals surface area contributed by atoms with Gasteiger partial charge in [0.1, 0.15) is 6.07 Å². The maximum atomic E-state index is 12.6. The lowest BCUT2D eigenvalue weighted by atomic mass is 10.0. The number of benzene rings is 1. The summed E-state index contributed by atoms with van der Waals surface area (Å²) < 4.78 is 51.7. The van der Waals surface area contributed by atoms with Gasteiger partial charge in [-0.25, -0.2) is 16.8 Å². The van der Waals surface area contributed by atoms with Gasteiger partial charge in [-0.3, -0.25) is 0 Å². The van der Waals surface area contributed by atoms with Crippen LogP contribution >= 0.6 is 0 Å². The van der Waals surface area contributed by atoms with Crippen LogP contribution in [0, 0.1) is 11.3 Å². The molecule has 0 N–H and O–H groups in total. The van der Waals surface area contributed by atoms with Crippen molar-refractivity contribution in [1.29, 1.82) is 5.26 Å². The number of rotatable bonds is 4. The smallest absolute Gasteiger partial charge is 0.228 e. The average Bonchev–Trinajstić information content (AvgIpc) is 2.53. The lowest BCUT2D eigenvalue weighted by molar-refractivity contribution is 0.306. The Hall–Kier alpha value is -1.43. The number of nitrogens with zero attached hydrogens (tertiary/aromatic N) is 2. The topological polar surface area (TPSA) is 95.3 Å². The summed E-state index contributed by atoms with van der Waals surface area (Å²) in [4.78, 5) is -0.0546. The largest absolute Gasteiger partial charge is 0.244 e. The first-order valence-corrected chi connectivity index (χ1v) is 11.1. The minimum atomic E-state index is -3.82. The molecule has 1 aliphatic heterocycles. The van der Waals surface area contributed by atoms with E-state index in [1.54, 1.807) is 12.1 Å². The molecule has 0 aromatic heterocycles. The quantitative estimate of drug-likeness (QED) is 0.806. The van der Waals surface area contributed by atoms with Crippen LogP contribution < -0.4 is 0 Å². The molecule has 0 bridgehead atoms. The van der Waals surface area contributed by atoms with Gasteiger partial charge in [-0.15, -0.1) is 0 Å². The van der Waals surface area contributed by atoms with Gasteiger partial charge >= 0.3 is 0 Å². The third kappa shape index (κ3) is 2.96. The summed E-state index contributed by atoms with van der Waals surface area (Å²) >= 11 is 0. The molecule has 1 aromatic carbocycles. The molecule has 0 spiro atoms. The molecule has 8 heteroatoms. The van der Waals surface area contributed by atoms with Gasteiger partial charge in [0, 0.05) is 13.1 Å². The first kappa shape index (κ1) is 17.4. The zero-order valence-corrected chi connectivity index (χ0v) is 14.9. The highest BCUT2D eigenvalue weighted by atomic mass is 32.2. The van der Waals surface area contributed by atoms with Crippen LogP contribution in [0.2, 0.25) is 0 Å². The summed E-state index contributed by atoms with van der Waals surface area (Å²) in [5, 5.41) is 8.13. The standard InChI is InChI=1S/C16H20N2O4S2/c17-10-13-6-4-5-9-16(13)24(21,22)18-11-15(12-18)23(19,20)14-7-2-1-3-8-14/h4-6,9,14-15H,1-3,7-8,11-12H2. The van der Waals surface area contributed by atoms with E-state index in [0.717, 1.165) is 23.6 Å². The molecule has 1 saturated carbocycles. The van der Waals surface area contributed by atoms with E-state index >= 15 is 0 Å². The summed E-state index contributed by atoms with van der Waals surface area (Å²) in [7, 11) is -7.11. The van der Waals surface area contributed by atoms with Crippen molar-refractivity contribution in [2.75, 3.05) is 13.1 Å². The number of nitriles is 1. The van der Waals surface area contributed by atoms with Crippen molar-refractivity contribution in [1.82, 2.24) is 4.31 Å². The highest BCUT2D eigenvalue weighted by Crippen LogP contribution is 2.32. The summed E-state index contributed by atoms with van der Waals surface area (Å²) in [6, 6.07) is 7.87. The predicted octanol–water partition coefficient (Wildman–Crippen LogP) is 1.68. The fourth-order valence-electron chi connectivity index (χ4n) is 3.39. The molecule has 1 heterocycles. The molecular formula is C16H20N2O4S2. The van der Waals surface area contributed by atoms with Crippen LogP contribution in [0.3, 0.4) is 0 Å². The van der Waals surface area contributed by atoms with E-state index in [4.69, 9.17) is 5.26 Å². The lowest BCUT2D eigenvalue weighted by Crippen LogP contribution is -2.58. The molecule has 1 aromatic rings. The van der Waals surface area contributed by atoms with Gasteiger partial charge in [-0.1, -0.05) is 31.4 Å². The molecule has 3 rings (SSSR count). The molecule has 0 amide bonds. The van der Waals surface area contributed by atoms with Gasteiger partial charge in [-0.05, 0) is 25.0 Å². The Morgan fingerprint density at radius 1 is 0.958 bits per heavy atom. The third-order valence-electron chi connectivity index (χ3n) is 4.92. The van der Waals surface area contributed by atoms with E-state index in [1.807, 2.05) is 6.07 Å². The molecule has 24 heavy (non-hydrogen) atoms. The normalized spacial score (nSPS) is 21.1. The Labute approximate surface area is 143 Å². The van der Waals surface area contributed by atoms with Crippen molar-refractivity contribution in [2.45, 2.75) is 47.5 Å². The van der Waals surface area contributed by atoms with Gasteiger partial charge in [0.05, 0.1) is 21.0 Å². The van der Waals surface area contributed by atoms with Crippen LogP contribution in [0.4, 0.5) is 0 Å². The second-order valence-electron chi connectivity index (χ2n) is 6.40. The van der Waals surface area contributed by atoms with Gasteiger partial charge < -0.3 is 0 Å². The molecule has 2 aliphatic rings. The zero-order chi connectivity index (χ0) is 17.4. The number of hydrogen-bond acceptors (Lipinski definition) is 5. The Kier molecular flexibility index (Phi) is 4.69. The van der Waals surface area contributed by atoms with Crippen molar-refractivity contribution in [3.63, 3.8) is 0 Å². The van der Waals surface area contributed by atoms with Crippen LogP contribution in [0.15, 0.2) is 29.2 Å². The van der Waals surface area contributed by atoms with Crippen LogP contribution in [-0.2, 0) is 19.9 Å². The Morgan fingerprint density at radius 3 is 2.21 bits per heavy atom. The number of hydrogen-bond donors (Lipinski definition) is 0. The molecule has 0 radical (unpaired) electrons. The molecule has 1 aliphatic carbocycles. The lowest BCUT2D eigenvalue weighted by Gasteiger charge is -2.39. The molecule has 6 nitrogen and oxygen atoms in total. The van der Waals surface area contributed by atoms with Gasteiger partial charge in [0.25, 0.3) is 0 Å². The van der Waals surface area contributed by atoms with Crippen LogP contribution in [0.5, 0.6) is 0 Å². The fraction of sp³-hybridized carbons (Fsp3) is 0.562. The van der Waals surface area contributed by atoms with Gasteiger partial charge in [0.2, 0.25) is 10.0 Å². The van der Waals surface area contributed by atoms with Gasteiger partial charge in [0.15, 0.2) is 9.84 Å². The summed E-state index contributed by atoms with van der Waals surface area (Å²) in [5.41, 5.74) is 0.0797. The Balaban J connectivity index is 1.75. The minimum absolute atomic E-state index is 0.0130. The van der Waals surface area contributed by atoms with Crippen molar-refractivity contribution < 1.29 is 16.8 Å². The predicted molar refractivity (Wildman–Crippen MR) is 89.5 cm³/mol. The molecule has 0 unspecified atom stereocenters. The van der Waals surface area contributed by atoms with E-state index in [2.05, 4.69) is 0 Å². The second kappa shape index (κ2) is 6.47. The van der Waals surface area contributed by atoms with E-state index in [0.29, 0.717) is 12.8 Å². The van der Waals surface area contributed by atoms with E-state index in [-0.39, 0.29) is 28.8 Å². The van der Waals surface area contributed by atoms with Crippen LogP contribution in [0.1, 0.15) is 37.7 Å². The summed E-state index contributed by atoms with van der Waals surface area (Å²) in [6.45, 7) is -0.0259. The Bertz CT molecular complexity index is 860. The minimum Gasteiger partial charge on any atom is -0.228 e. The molecule has 130 valence electrons. The van der Waals surface area contributed by atoms with E-state index in [1.165, 1.54) is 12.1 Å². The highest BCUT2D eigenvalue weighted by Gasteiger charge is 2.46. The average molecular weight is 368 g/mol. The summed E-state index contributed by atoms with van der Waals surface area (Å²) in [6.07, 6.45) is 4.29. The molecule has 0 atom stereocenters. The number of sulfonamides is 1. The maximum Gasteiger partial charge on any atom is 0.244 e. The SMILES string of the molecule is N#Cc1ccccc1S(=O)(=O)N1CC(S(=O)(=O)C2CCCCC2)C1. The number of sulfone groups is 1. The fourth-order valence-corrected chi connectivity index (χ4v) is 7.57. The summed E-state index contributed by atoms with van der Waals surface area (Å²) in [5.74, 6) is 0. The Morgan fingerprint density at radius 2 is 1.58 bits per heavy atom. The maximum absolute atomic E-state index is 12.6. The van der Waals surface area contributed by atoms with E-state index < -0.39 is 25.1 Å². The molecule has 2 fully saturated rings. The zero-order valence-electron chi connectivity index (χ0n) is 13.3. The molecule has 1 saturated heterocycles. The third-order valence-corrected chi connectivity index (χ3v) is 9.44. The van der Waals surface area contributed by atoms with Crippen molar-refractivity contribution >= 4 is 19.9 Å². The molecular weight excluding hydrogens is 348 g/mol. The van der Waals surface area contributed by atoms with Crippen molar-refractivity contribution in [3.05, 3.63) is 29.8 Å². The van der Waals surface area contributed by atoms with Crippen LogP contribution in [-0.4, -0.2) is 44.7 Å².